The number of likely N-dealkylation sites (N-methyl/N-ethyl adjacent to an activating group) is 1. The molecule has 2 aromatic heterocycles. The molecular formula is C18H20N2O2S. The van der Waals surface area contributed by atoms with Crippen molar-refractivity contribution in [2.45, 2.75) is 4.90 Å². The van der Waals surface area contributed by atoms with Crippen molar-refractivity contribution in [2.75, 3.05) is 33.5 Å². The van der Waals surface area contributed by atoms with Crippen molar-refractivity contribution in [3.05, 3.63) is 48.2 Å². The van der Waals surface area contributed by atoms with Crippen molar-refractivity contribution < 1.29 is 9.53 Å². The van der Waals surface area contributed by atoms with Gasteiger partial charge in [0, 0.05) is 23.0 Å². The second-order valence-electron chi connectivity index (χ2n) is 5.65. The van der Waals surface area contributed by atoms with Crippen LogP contribution in [0.4, 0.5) is 0 Å². The largest absolute Gasteiger partial charge is 0.461 e. The Kier molecular flexibility index (Phi) is 4.59. The van der Waals surface area contributed by atoms with Crippen LogP contribution in [0.5, 0.6) is 0 Å². The van der Waals surface area contributed by atoms with Crippen LogP contribution in [-0.2, 0) is 4.74 Å². The second-order valence-corrected chi connectivity index (χ2v) is 6.53. The summed E-state index contributed by atoms with van der Waals surface area (Å²) in [6.07, 6.45) is 4.03. The number of carbonyl (C=O) groups excluding carboxylic acids is 1. The van der Waals surface area contributed by atoms with Gasteiger partial charge in [-0.3, -0.25) is 0 Å². The lowest BCUT2D eigenvalue weighted by molar-refractivity contribution is 0.0486. The summed E-state index contributed by atoms with van der Waals surface area (Å²) in [5.41, 5.74) is 2.56. The van der Waals surface area contributed by atoms with E-state index in [1.54, 1.807) is 11.8 Å². The molecule has 0 aliphatic rings. The van der Waals surface area contributed by atoms with Gasteiger partial charge < -0.3 is 14.0 Å². The molecule has 0 saturated carbocycles. The third-order valence-electron chi connectivity index (χ3n) is 3.83. The van der Waals surface area contributed by atoms with Gasteiger partial charge >= 0.3 is 5.97 Å². The fraction of sp³-hybridized carbons (Fsp3) is 0.278. The molecule has 0 radical (unpaired) electrons. The topological polar surface area (TPSA) is 34.0 Å². The summed E-state index contributed by atoms with van der Waals surface area (Å²) in [6.45, 7) is 1.10. The Balaban J connectivity index is 2.08. The van der Waals surface area contributed by atoms with Crippen molar-refractivity contribution in [2.24, 2.45) is 0 Å². The lowest BCUT2D eigenvalue weighted by Gasteiger charge is -2.09. The molecule has 0 unspecified atom stereocenters. The molecule has 0 fully saturated rings. The Bertz CT molecular complexity index is 855. The molecule has 0 atom stereocenters. The van der Waals surface area contributed by atoms with Crippen LogP contribution in [0.2, 0.25) is 0 Å². The highest BCUT2D eigenvalue weighted by Gasteiger charge is 2.19. The maximum absolute atomic E-state index is 12.6. The van der Waals surface area contributed by atoms with Gasteiger partial charge in [0.2, 0.25) is 0 Å². The highest BCUT2D eigenvalue weighted by atomic mass is 32.2. The molecular weight excluding hydrogens is 308 g/mol. The van der Waals surface area contributed by atoms with Crippen LogP contribution in [0, 0.1) is 0 Å². The van der Waals surface area contributed by atoms with Gasteiger partial charge in [-0.05, 0) is 44.6 Å². The van der Waals surface area contributed by atoms with Gasteiger partial charge in [0.05, 0.1) is 16.6 Å². The monoisotopic (exact) mass is 328 g/mol. The van der Waals surface area contributed by atoms with Crippen molar-refractivity contribution in [3.63, 3.8) is 0 Å². The number of thioether (sulfide) groups is 1. The third-order valence-corrected chi connectivity index (χ3v) is 4.55. The fourth-order valence-corrected chi connectivity index (χ4v) is 3.09. The van der Waals surface area contributed by atoms with Crippen LogP contribution in [0.25, 0.3) is 16.4 Å². The Hall–Kier alpha value is -1.98. The molecule has 5 heteroatoms. The Morgan fingerprint density at radius 3 is 2.78 bits per heavy atom. The minimum absolute atomic E-state index is 0.262. The summed E-state index contributed by atoms with van der Waals surface area (Å²) in [6, 6.07) is 12.0. The van der Waals surface area contributed by atoms with E-state index < -0.39 is 0 Å². The standard InChI is InChI=1S/C18H20N2O2S/c1-19(2)10-11-22-18(21)17-14-8-7-13(23-3)12-16(14)20-9-5-4-6-15(17)20/h4-9,12H,10-11H2,1-3H3. The Morgan fingerprint density at radius 1 is 1.22 bits per heavy atom. The third kappa shape index (κ3) is 3.07. The summed E-state index contributed by atoms with van der Waals surface area (Å²) >= 11 is 1.69. The van der Waals surface area contributed by atoms with E-state index in [2.05, 4.69) is 10.5 Å². The first-order valence-electron chi connectivity index (χ1n) is 7.50. The number of pyridine rings is 1. The van der Waals surface area contributed by atoms with E-state index in [-0.39, 0.29) is 5.97 Å². The van der Waals surface area contributed by atoms with Crippen molar-refractivity contribution in [1.29, 1.82) is 0 Å². The van der Waals surface area contributed by atoms with E-state index in [4.69, 9.17) is 4.74 Å². The van der Waals surface area contributed by atoms with Crippen LogP contribution in [0.3, 0.4) is 0 Å². The maximum atomic E-state index is 12.6. The van der Waals surface area contributed by atoms with Gasteiger partial charge in [-0.2, -0.15) is 0 Å². The molecule has 0 spiro atoms. The first kappa shape index (κ1) is 15.9. The Morgan fingerprint density at radius 2 is 2.04 bits per heavy atom. The molecule has 120 valence electrons. The van der Waals surface area contributed by atoms with E-state index in [0.717, 1.165) is 16.4 Å². The highest BCUT2D eigenvalue weighted by Crippen LogP contribution is 2.30. The number of rotatable bonds is 5. The van der Waals surface area contributed by atoms with Crippen LogP contribution in [0.1, 0.15) is 10.4 Å². The van der Waals surface area contributed by atoms with Crippen LogP contribution in [-0.4, -0.2) is 48.8 Å². The quantitative estimate of drug-likeness (QED) is 0.530. The summed E-state index contributed by atoms with van der Waals surface area (Å²) in [5, 5.41) is 0.934. The number of fused-ring (bicyclic) bond motifs is 3. The maximum Gasteiger partial charge on any atom is 0.341 e. The number of benzene rings is 1. The molecule has 23 heavy (non-hydrogen) atoms. The van der Waals surface area contributed by atoms with Gasteiger partial charge in [-0.1, -0.05) is 12.1 Å². The number of ether oxygens (including phenoxy) is 1. The van der Waals surface area contributed by atoms with Crippen LogP contribution >= 0.6 is 11.8 Å². The van der Waals surface area contributed by atoms with Crippen molar-refractivity contribution in [1.82, 2.24) is 9.30 Å². The number of esters is 1. The SMILES string of the molecule is CSc1ccc2c(C(=O)OCCN(C)C)c3ccccn3c2c1. The zero-order valence-electron chi connectivity index (χ0n) is 13.6. The van der Waals surface area contributed by atoms with E-state index in [0.29, 0.717) is 18.7 Å². The van der Waals surface area contributed by atoms with Gasteiger partial charge in [-0.15, -0.1) is 11.8 Å². The number of hydrogen-bond donors (Lipinski definition) is 0. The number of hydrogen-bond acceptors (Lipinski definition) is 4. The molecule has 2 heterocycles. The second kappa shape index (κ2) is 6.64. The Labute approximate surface area is 140 Å². The van der Waals surface area contributed by atoms with Gasteiger partial charge in [-0.25, -0.2) is 4.79 Å². The normalized spacial score (nSPS) is 11.5. The predicted octanol–water partition coefficient (Wildman–Crippen LogP) is 3.53. The first-order valence-corrected chi connectivity index (χ1v) is 8.73. The molecule has 0 N–H and O–H groups in total. The predicted molar refractivity (Wildman–Crippen MR) is 95.5 cm³/mol. The van der Waals surface area contributed by atoms with Crippen molar-refractivity contribution >= 4 is 34.2 Å². The van der Waals surface area contributed by atoms with E-state index >= 15 is 0 Å². The van der Waals surface area contributed by atoms with Gasteiger partial charge in [0.25, 0.3) is 0 Å². The number of carbonyl (C=O) groups is 1. The molecule has 3 aromatic rings. The summed E-state index contributed by atoms with van der Waals surface area (Å²) in [5.74, 6) is -0.262. The average molecular weight is 328 g/mol. The molecule has 0 amide bonds. The molecule has 1 aromatic carbocycles. The van der Waals surface area contributed by atoms with E-state index in [9.17, 15) is 4.79 Å². The molecule has 0 aliphatic heterocycles. The molecule has 0 aliphatic carbocycles. The minimum Gasteiger partial charge on any atom is -0.461 e. The zero-order valence-corrected chi connectivity index (χ0v) is 14.4. The van der Waals surface area contributed by atoms with Gasteiger partial charge in [0.15, 0.2) is 0 Å². The summed E-state index contributed by atoms with van der Waals surface area (Å²) in [7, 11) is 3.92. The van der Waals surface area contributed by atoms with Crippen LogP contribution < -0.4 is 0 Å². The number of nitrogens with zero attached hydrogens (tertiary/aromatic N) is 2. The summed E-state index contributed by atoms with van der Waals surface area (Å²) in [4.78, 5) is 15.8. The lowest BCUT2D eigenvalue weighted by atomic mass is 10.1. The molecule has 3 rings (SSSR count). The fourth-order valence-electron chi connectivity index (χ4n) is 2.65. The smallest absolute Gasteiger partial charge is 0.341 e. The molecule has 0 saturated heterocycles. The van der Waals surface area contributed by atoms with E-state index in [1.165, 1.54) is 4.90 Å². The van der Waals surface area contributed by atoms with Crippen LogP contribution in [0.15, 0.2) is 47.5 Å². The minimum atomic E-state index is -0.262. The van der Waals surface area contributed by atoms with E-state index in [1.807, 2.05) is 61.8 Å². The zero-order chi connectivity index (χ0) is 16.4. The lowest BCUT2D eigenvalue weighted by Crippen LogP contribution is -2.20. The average Bonchev–Trinajstić information content (AvgIpc) is 2.88. The first-order chi connectivity index (χ1) is 11.1. The van der Waals surface area contributed by atoms with Gasteiger partial charge in [0.1, 0.15) is 6.61 Å². The number of aromatic nitrogens is 1. The van der Waals surface area contributed by atoms with Crippen molar-refractivity contribution in [3.8, 4) is 0 Å². The molecule has 4 nitrogen and oxygen atoms in total. The highest BCUT2D eigenvalue weighted by molar-refractivity contribution is 7.98. The molecule has 0 bridgehead atoms. The summed E-state index contributed by atoms with van der Waals surface area (Å²) < 4.78 is 7.52.